The Hall–Kier alpha value is -3.40. The molecule has 0 saturated carbocycles. The summed E-state index contributed by atoms with van der Waals surface area (Å²) in [5.74, 6) is -2.00. The molecular weight excluding hydrogens is 612 g/mol. The van der Waals surface area contributed by atoms with Crippen LogP contribution in [-0.2, 0) is 25.3 Å². The number of rotatable bonds is 11. The van der Waals surface area contributed by atoms with Crippen LogP contribution in [0.1, 0.15) is 17.5 Å². The summed E-state index contributed by atoms with van der Waals surface area (Å²) in [7, 11) is 2.90. The highest BCUT2D eigenvalue weighted by Crippen LogP contribution is 2.34. The van der Waals surface area contributed by atoms with Crippen molar-refractivity contribution in [3.8, 4) is 11.5 Å². The van der Waals surface area contributed by atoms with Crippen LogP contribution in [-0.4, -0.2) is 57.9 Å². The summed E-state index contributed by atoms with van der Waals surface area (Å²) in [6, 6.07) is 7.36. The van der Waals surface area contributed by atoms with Crippen LogP contribution < -0.4 is 25.5 Å². The van der Waals surface area contributed by atoms with Crippen LogP contribution in [0.3, 0.4) is 0 Å². The number of nitrogens with one attached hydrogen (secondary N) is 3. The van der Waals surface area contributed by atoms with E-state index in [2.05, 4.69) is 21.2 Å². The first kappa shape index (κ1) is 29.8. The summed E-state index contributed by atoms with van der Waals surface area (Å²) in [4.78, 5) is 35.7. The minimum absolute atomic E-state index is 0.0256. The molecule has 0 atom stereocenters. The Kier molecular flexibility index (Phi) is 11.6. The molecule has 0 spiro atoms. The molecule has 0 aliphatic heterocycles. The number of alkyl halides is 3. The average Bonchev–Trinajstić information content (AvgIpc) is 2.85. The van der Waals surface area contributed by atoms with Crippen LogP contribution in [0.2, 0.25) is 0 Å². The van der Waals surface area contributed by atoms with Gasteiger partial charge in [-0.05, 0) is 64.9 Å². The molecular formula is C23H24F3IN4O6. The van der Waals surface area contributed by atoms with Gasteiger partial charge in [-0.15, -0.1) is 0 Å². The van der Waals surface area contributed by atoms with Crippen molar-refractivity contribution in [1.82, 2.24) is 10.7 Å². The van der Waals surface area contributed by atoms with E-state index in [1.54, 1.807) is 6.07 Å². The summed E-state index contributed by atoms with van der Waals surface area (Å²) in [5, 5.41) is 8.52. The van der Waals surface area contributed by atoms with Gasteiger partial charge in [-0.2, -0.15) is 18.3 Å². The second kappa shape index (κ2) is 14.4. The van der Waals surface area contributed by atoms with Gasteiger partial charge in [0.15, 0.2) is 18.1 Å². The summed E-state index contributed by atoms with van der Waals surface area (Å²) in [6.45, 7) is 0.227. The van der Waals surface area contributed by atoms with Crippen molar-refractivity contribution in [2.75, 3.05) is 39.3 Å². The maximum Gasteiger partial charge on any atom is 0.416 e. The summed E-state index contributed by atoms with van der Waals surface area (Å²) in [5.41, 5.74) is 1.68. The zero-order chi connectivity index (χ0) is 27.4. The molecule has 0 unspecified atom stereocenters. The van der Waals surface area contributed by atoms with Gasteiger partial charge in [-0.25, -0.2) is 5.43 Å². The van der Waals surface area contributed by atoms with E-state index in [4.69, 9.17) is 14.2 Å². The number of amides is 3. The van der Waals surface area contributed by atoms with Gasteiger partial charge in [0.25, 0.3) is 5.91 Å². The Morgan fingerprint density at radius 2 is 1.86 bits per heavy atom. The fraction of sp³-hybridized carbons (Fsp3) is 0.304. The molecule has 2 aromatic rings. The number of halogens is 4. The third-order valence-corrected chi connectivity index (χ3v) is 5.27. The molecule has 0 bridgehead atoms. The number of carbonyl (C=O) groups is 3. The first-order valence-corrected chi connectivity index (χ1v) is 11.7. The van der Waals surface area contributed by atoms with E-state index in [0.29, 0.717) is 22.2 Å². The number of methoxy groups -OCH3 is 2. The number of hydrogen-bond donors (Lipinski definition) is 3. The number of hydrogen-bond acceptors (Lipinski definition) is 7. The van der Waals surface area contributed by atoms with Gasteiger partial charge >= 0.3 is 18.0 Å². The Balaban J connectivity index is 1.96. The van der Waals surface area contributed by atoms with Crippen molar-refractivity contribution in [1.29, 1.82) is 0 Å². The largest absolute Gasteiger partial charge is 0.493 e. The predicted octanol–water partition coefficient (Wildman–Crippen LogP) is 2.94. The lowest BCUT2D eigenvalue weighted by molar-refractivity contribution is -0.139. The fourth-order valence-electron chi connectivity index (χ4n) is 2.78. The lowest BCUT2D eigenvalue weighted by Crippen LogP contribution is -2.38. The number of anilines is 1. The second-order valence-corrected chi connectivity index (χ2v) is 8.41. The number of benzene rings is 2. The van der Waals surface area contributed by atoms with Crippen molar-refractivity contribution >= 4 is 52.2 Å². The van der Waals surface area contributed by atoms with E-state index < -0.39 is 36.1 Å². The lowest BCUT2D eigenvalue weighted by Gasteiger charge is -2.14. The molecule has 37 heavy (non-hydrogen) atoms. The van der Waals surface area contributed by atoms with E-state index in [9.17, 15) is 27.6 Å². The van der Waals surface area contributed by atoms with Crippen molar-refractivity contribution < 1.29 is 41.8 Å². The molecule has 0 aromatic heterocycles. The van der Waals surface area contributed by atoms with Crippen LogP contribution in [0, 0.1) is 3.57 Å². The second-order valence-electron chi connectivity index (χ2n) is 7.25. The summed E-state index contributed by atoms with van der Waals surface area (Å²) in [6.07, 6.45) is -2.70. The lowest BCUT2D eigenvalue weighted by atomic mass is 10.2. The van der Waals surface area contributed by atoms with Crippen LogP contribution in [0.25, 0.3) is 0 Å². The summed E-state index contributed by atoms with van der Waals surface area (Å²) < 4.78 is 54.8. The topological polar surface area (TPSA) is 127 Å². The summed E-state index contributed by atoms with van der Waals surface area (Å²) >= 11 is 1.93. The predicted molar refractivity (Wildman–Crippen MR) is 137 cm³/mol. The third kappa shape index (κ3) is 9.87. The maximum absolute atomic E-state index is 12.9. The van der Waals surface area contributed by atoms with Crippen LogP contribution in [0.15, 0.2) is 41.5 Å². The molecule has 0 fully saturated rings. The molecule has 200 valence electrons. The van der Waals surface area contributed by atoms with Crippen LogP contribution in [0.5, 0.6) is 11.5 Å². The van der Waals surface area contributed by atoms with Crippen LogP contribution >= 0.6 is 22.6 Å². The van der Waals surface area contributed by atoms with E-state index in [1.807, 2.05) is 22.6 Å². The highest BCUT2D eigenvalue weighted by molar-refractivity contribution is 14.1. The minimum atomic E-state index is -4.54. The van der Waals surface area contributed by atoms with Gasteiger partial charge in [-0.3, -0.25) is 14.4 Å². The molecule has 10 nitrogen and oxygen atoms in total. The van der Waals surface area contributed by atoms with Gasteiger partial charge in [0.1, 0.15) is 0 Å². The number of nitrogens with zero attached hydrogens (tertiary/aromatic N) is 1. The van der Waals surface area contributed by atoms with Crippen molar-refractivity contribution in [2.24, 2.45) is 5.10 Å². The highest BCUT2D eigenvalue weighted by Gasteiger charge is 2.30. The SMILES string of the molecule is COCCCNC(=O)C(=O)N/N=C\c1cc(I)c(OCC(=O)Nc2cccc(C(F)(F)F)c2)c(OC)c1. The molecule has 0 radical (unpaired) electrons. The normalized spacial score (nSPS) is 11.2. The highest BCUT2D eigenvalue weighted by atomic mass is 127. The number of hydrazone groups is 1. The number of ether oxygens (including phenoxy) is 3. The van der Waals surface area contributed by atoms with E-state index >= 15 is 0 Å². The van der Waals surface area contributed by atoms with E-state index in [1.165, 1.54) is 38.6 Å². The quantitative estimate of drug-likeness (QED) is 0.115. The Labute approximate surface area is 224 Å². The smallest absolute Gasteiger partial charge is 0.416 e. The standard InChI is InChI=1S/C23H24F3IN4O6/c1-35-8-4-7-28-21(33)22(34)31-29-12-14-9-17(27)20(18(10-14)36-2)37-13-19(32)30-16-6-3-5-15(11-16)23(24,25)26/h3,5-6,9-12H,4,7-8,13H2,1-2H3,(H,28,33)(H,30,32)(H,31,34)/b29-12-. The molecule has 3 amide bonds. The van der Waals surface area contributed by atoms with Gasteiger partial charge < -0.3 is 24.8 Å². The molecule has 0 aliphatic rings. The van der Waals surface area contributed by atoms with Crippen molar-refractivity contribution in [3.63, 3.8) is 0 Å². The van der Waals surface area contributed by atoms with Crippen LogP contribution in [0.4, 0.5) is 18.9 Å². The molecule has 0 saturated heterocycles. The molecule has 3 N–H and O–H groups in total. The zero-order valence-electron chi connectivity index (χ0n) is 19.8. The average molecular weight is 636 g/mol. The third-order valence-electron chi connectivity index (χ3n) is 4.47. The first-order chi connectivity index (χ1) is 17.5. The fourth-order valence-corrected chi connectivity index (χ4v) is 3.56. The Morgan fingerprint density at radius 3 is 2.54 bits per heavy atom. The van der Waals surface area contributed by atoms with E-state index in [0.717, 1.165) is 12.1 Å². The number of carbonyl (C=O) groups excluding carboxylic acids is 3. The van der Waals surface area contributed by atoms with Gasteiger partial charge in [0, 0.05) is 25.9 Å². The minimum Gasteiger partial charge on any atom is -0.493 e. The molecule has 0 aliphatic carbocycles. The van der Waals surface area contributed by atoms with E-state index in [-0.39, 0.29) is 23.7 Å². The molecule has 2 aromatic carbocycles. The molecule has 14 heteroatoms. The molecule has 2 rings (SSSR count). The van der Waals surface area contributed by atoms with Crippen molar-refractivity contribution in [2.45, 2.75) is 12.6 Å². The molecule has 0 heterocycles. The first-order valence-electron chi connectivity index (χ1n) is 10.6. The Bertz CT molecular complexity index is 1140. The van der Waals surface area contributed by atoms with Gasteiger partial charge in [0.05, 0.1) is 22.5 Å². The van der Waals surface area contributed by atoms with Gasteiger partial charge in [0.2, 0.25) is 0 Å². The van der Waals surface area contributed by atoms with Gasteiger partial charge in [-0.1, -0.05) is 6.07 Å². The van der Waals surface area contributed by atoms with Crippen molar-refractivity contribution in [3.05, 3.63) is 51.1 Å². The zero-order valence-corrected chi connectivity index (χ0v) is 21.9. The maximum atomic E-state index is 12.9. The monoisotopic (exact) mass is 636 g/mol. The Morgan fingerprint density at radius 1 is 1.11 bits per heavy atom.